The highest BCUT2D eigenvalue weighted by Gasteiger charge is 2.27. The van der Waals surface area contributed by atoms with Crippen molar-refractivity contribution in [3.63, 3.8) is 0 Å². The van der Waals surface area contributed by atoms with Gasteiger partial charge in [0.1, 0.15) is 13.4 Å². The van der Waals surface area contributed by atoms with Crippen molar-refractivity contribution in [2.45, 2.75) is 45.8 Å². The Morgan fingerprint density at radius 2 is 1.83 bits per heavy atom. The summed E-state index contributed by atoms with van der Waals surface area (Å²) in [7, 11) is 1.97. The van der Waals surface area contributed by atoms with Crippen LogP contribution in [0.5, 0.6) is 5.75 Å². The molecule has 36 heavy (non-hydrogen) atoms. The summed E-state index contributed by atoms with van der Waals surface area (Å²) in [4.78, 5) is 35.1. The van der Waals surface area contributed by atoms with Crippen LogP contribution in [0.1, 0.15) is 39.2 Å². The molecule has 8 nitrogen and oxygen atoms in total. The Morgan fingerprint density at radius 3 is 2.53 bits per heavy atom. The van der Waals surface area contributed by atoms with Gasteiger partial charge in [0, 0.05) is 30.9 Å². The Morgan fingerprint density at radius 1 is 1.11 bits per heavy atom. The molecule has 0 atom stereocenters. The largest absolute Gasteiger partial charge is 0.490 e. The molecule has 0 N–H and O–H groups in total. The predicted molar refractivity (Wildman–Crippen MR) is 141 cm³/mol. The third-order valence-electron chi connectivity index (χ3n) is 6.05. The highest BCUT2D eigenvalue weighted by Crippen LogP contribution is 2.22. The first-order chi connectivity index (χ1) is 17.2. The van der Waals surface area contributed by atoms with E-state index in [2.05, 4.69) is 9.97 Å². The zero-order valence-electron chi connectivity index (χ0n) is 21.4. The van der Waals surface area contributed by atoms with Crippen LogP contribution >= 0.6 is 0 Å². The second-order valence-corrected chi connectivity index (χ2v) is 10.3. The number of carbonyl (C=O) groups excluding carboxylic acids is 1. The Kier molecular flexibility index (Phi) is 7.77. The van der Waals surface area contributed by atoms with Crippen molar-refractivity contribution in [1.29, 1.82) is 0 Å². The summed E-state index contributed by atoms with van der Waals surface area (Å²) in [5.74, 6) is 1.59. The predicted octanol–water partition coefficient (Wildman–Crippen LogP) is 2.64. The number of amides is 1. The topological polar surface area (TPSA) is 86.6 Å². The van der Waals surface area contributed by atoms with Gasteiger partial charge in [0.25, 0.3) is 5.56 Å². The van der Waals surface area contributed by atoms with E-state index >= 15 is 0 Å². The Balaban J connectivity index is 1.30. The summed E-state index contributed by atoms with van der Waals surface area (Å²) in [5.41, 5.74) is 2.42. The first-order valence-electron chi connectivity index (χ1n) is 12.4. The van der Waals surface area contributed by atoms with E-state index in [-0.39, 0.29) is 11.7 Å². The fourth-order valence-corrected chi connectivity index (χ4v) is 4.14. The van der Waals surface area contributed by atoms with Gasteiger partial charge in [-0.05, 0) is 51.2 Å². The number of piperidine rings is 1. The molecule has 2 aromatic heterocycles. The van der Waals surface area contributed by atoms with Gasteiger partial charge < -0.3 is 18.9 Å². The number of likely N-dealkylation sites (tertiary alicyclic amines) is 1. The van der Waals surface area contributed by atoms with Gasteiger partial charge in [-0.3, -0.25) is 4.79 Å². The molecule has 0 spiro atoms. The second-order valence-electron chi connectivity index (χ2n) is 10.3. The minimum atomic E-state index is -0.481. The lowest BCUT2D eigenvalue weighted by molar-refractivity contribution is 0.0165. The lowest BCUT2D eigenvalue weighted by atomic mass is 9.98. The van der Waals surface area contributed by atoms with Crippen LogP contribution in [0.4, 0.5) is 4.79 Å². The molecular formula is C27H33BN4O4. The smallest absolute Gasteiger partial charge is 0.410 e. The fourth-order valence-electron chi connectivity index (χ4n) is 4.14. The van der Waals surface area contributed by atoms with Crippen molar-refractivity contribution in [1.82, 2.24) is 19.4 Å². The van der Waals surface area contributed by atoms with Crippen molar-refractivity contribution in [2.75, 3.05) is 19.7 Å². The van der Waals surface area contributed by atoms with Gasteiger partial charge in [-0.15, -0.1) is 0 Å². The molecule has 0 bridgehead atoms. The van der Waals surface area contributed by atoms with Crippen LogP contribution in [0.2, 0.25) is 0 Å². The minimum absolute atomic E-state index is 0.0285. The molecular weight excluding hydrogens is 455 g/mol. The normalized spacial score (nSPS) is 14.5. The molecule has 0 aliphatic carbocycles. The summed E-state index contributed by atoms with van der Waals surface area (Å²) in [6.07, 6.45) is 6.73. The van der Waals surface area contributed by atoms with Gasteiger partial charge in [-0.1, -0.05) is 29.7 Å². The highest BCUT2D eigenvalue weighted by atomic mass is 16.6. The summed E-state index contributed by atoms with van der Waals surface area (Å²) in [6.45, 7) is 8.03. The molecule has 1 saturated heterocycles. The van der Waals surface area contributed by atoms with Gasteiger partial charge in [0.15, 0.2) is 11.6 Å². The molecule has 3 heterocycles. The average Bonchev–Trinajstić information content (AvgIpc) is 2.85. The summed E-state index contributed by atoms with van der Waals surface area (Å²) in [6, 6.07) is 11.3. The van der Waals surface area contributed by atoms with Crippen LogP contribution in [-0.2, 0) is 11.3 Å². The van der Waals surface area contributed by atoms with E-state index in [1.165, 1.54) is 0 Å². The van der Waals surface area contributed by atoms with Crippen molar-refractivity contribution >= 4 is 19.4 Å². The van der Waals surface area contributed by atoms with Crippen molar-refractivity contribution < 1.29 is 14.3 Å². The van der Waals surface area contributed by atoms with Crippen molar-refractivity contribution in [3.05, 3.63) is 70.9 Å². The molecule has 0 saturated carbocycles. The number of pyridine rings is 1. The van der Waals surface area contributed by atoms with E-state index < -0.39 is 5.60 Å². The molecule has 1 aliphatic rings. The van der Waals surface area contributed by atoms with Crippen LogP contribution in [-0.4, -0.2) is 58.7 Å². The molecule has 1 amide bonds. The Hall–Kier alpha value is -3.62. The number of hydrogen-bond donors (Lipinski definition) is 0. The van der Waals surface area contributed by atoms with Crippen LogP contribution in [0.15, 0.2) is 59.8 Å². The molecule has 1 aliphatic heterocycles. The second kappa shape index (κ2) is 11.0. The summed E-state index contributed by atoms with van der Waals surface area (Å²) >= 11 is 0. The van der Waals surface area contributed by atoms with Gasteiger partial charge in [-0.25, -0.2) is 14.8 Å². The van der Waals surface area contributed by atoms with E-state index in [9.17, 15) is 9.59 Å². The monoisotopic (exact) mass is 488 g/mol. The van der Waals surface area contributed by atoms with Gasteiger partial charge in [0.2, 0.25) is 0 Å². The minimum Gasteiger partial charge on any atom is -0.490 e. The molecule has 0 unspecified atom stereocenters. The van der Waals surface area contributed by atoms with Gasteiger partial charge in [-0.2, -0.15) is 0 Å². The first-order valence-corrected chi connectivity index (χ1v) is 12.4. The standard InChI is InChI=1S/C27H33BN4O4/c1-27(2,3)36-26(34)31-11-9-19(10-12-31)18-35-23-14-29-25(30-15-23)21-6-4-5-20(13-21)16-32-17-22(28)7-8-24(32)33/h4-8,13-15,17,19H,9-12,16,18,28H2,1-3H3. The number of carbonyl (C=O) groups is 1. The third kappa shape index (κ3) is 6.96. The van der Waals surface area contributed by atoms with Crippen LogP contribution in [0.25, 0.3) is 11.4 Å². The number of ether oxygens (including phenoxy) is 2. The zero-order valence-corrected chi connectivity index (χ0v) is 21.4. The van der Waals surface area contributed by atoms with Gasteiger partial charge in [0.05, 0.1) is 25.5 Å². The third-order valence-corrected chi connectivity index (χ3v) is 6.05. The number of hydrogen-bond acceptors (Lipinski definition) is 6. The van der Waals surface area contributed by atoms with E-state index in [1.807, 2.05) is 65.1 Å². The average molecular weight is 488 g/mol. The Bertz CT molecular complexity index is 1250. The van der Waals surface area contributed by atoms with E-state index in [0.717, 1.165) is 29.4 Å². The van der Waals surface area contributed by atoms with Crippen LogP contribution < -0.4 is 15.8 Å². The molecule has 0 radical (unpaired) electrons. The van der Waals surface area contributed by atoms with Crippen molar-refractivity contribution in [3.8, 4) is 17.1 Å². The lowest BCUT2D eigenvalue weighted by Gasteiger charge is -2.33. The molecule has 1 aromatic carbocycles. The van der Waals surface area contributed by atoms with Gasteiger partial charge >= 0.3 is 6.09 Å². The lowest BCUT2D eigenvalue weighted by Crippen LogP contribution is -2.42. The molecule has 1 fully saturated rings. The fraction of sp³-hybridized carbons (Fsp3) is 0.407. The number of aromatic nitrogens is 3. The van der Waals surface area contributed by atoms with Crippen LogP contribution in [0.3, 0.4) is 0 Å². The van der Waals surface area contributed by atoms with E-state index in [0.29, 0.717) is 43.7 Å². The molecule has 188 valence electrons. The van der Waals surface area contributed by atoms with Crippen LogP contribution in [0, 0.1) is 5.92 Å². The maximum absolute atomic E-state index is 12.2. The molecule has 9 heteroatoms. The van der Waals surface area contributed by atoms with E-state index in [4.69, 9.17) is 9.47 Å². The maximum atomic E-state index is 12.2. The maximum Gasteiger partial charge on any atom is 0.410 e. The van der Waals surface area contributed by atoms with E-state index in [1.54, 1.807) is 27.9 Å². The highest BCUT2D eigenvalue weighted by molar-refractivity contribution is 6.32. The Labute approximate surface area is 212 Å². The van der Waals surface area contributed by atoms with Crippen molar-refractivity contribution in [2.24, 2.45) is 5.92 Å². The summed E-state index contributed by atoms with van der Waals surface area (Å²) in [5, 5.41) is 0. The number of nitrogens with zero attached hydrogens (tertiary/aromatic N) is 4. The SMILES string of the molecule is Bc1ccc(=O)n(Cc2cccc(-c3ncc(OCC4CCN(C(=O)OC(C)(C)C)CC4)cn3)c2)c1. The quantitative estimate of drug-likeness (QED) is 0.496. The molecule has 3 aromatic rings. The number of rotatable bonds is 6. The number of benzene rings is 1. The zero-order chi connectivity index (χ0) is 25.7. The first kappa shape index (κ1) is 25.5. The summed E-state index contributed by atoms with van der Waals surface area (Å²) < 4.78 is 13.1. The molecule has 4 rings (SSSR count).